The summed E-state index contributed by atoms with van der Waals surface area (Å²) in [5.41, 5.74) is 1.45. The zero-order valence-electron chi connectivity index (χ0n) is 9.83. The van der Waals surface area contributed by atoms with E-state index in [1.807, 2.05) is 0 Å². The molecule has 0 unspecified atom stereocenters. The van der Waals surface area contributed by atoms with E-state index in [9.17, 15) is 0 Å². The van der Waals surface area contributed by atoms with Crippen LogP contribution in [-0.4, -0.2) is 0 Å². The molecule has 1 aromatic heterocycles. The van der Waals surface area contributed by atoms with E-state index >= 15 is 0 Å². The lowest BCUT2D eigenvalue weighted by Gasteiger charge is -2.07. The van der Waals surface area contributed by atoms with Crippen LogP contribution in [0.4, 0.5) is 0 Å². The highest BCUT2D eigenvalue weighted by Crippen LogP contribution is 2.04. The first-order chi connectivity index (χ1) is 6.59. The summed E-state index contributed by atoms with van der Waals surface area (Å²) in [5, 5.41) is 0. The molecule has 0 radical (unpaired) electrons. The van der Waals surface area contributed by atoms with Crippen molar-refractivity contribution in [1.29, 1.82) is 0 Å². The van der Waals surface area contributed by atoms with Gasteiger partial charge in [0.25, 0.3) is 0 Å². The van der Waals surface area contributed by atoms with Gasteiger partial charge >= 0.3 is 0 Å². The molecule has 0 aliphatic rings. The van der Waals surface area contributed by atoms with Crippen molar-refractivity contribution in [2.75, 3.05) is 0 Å². The van der Waals surface area contributed by atoms with E-state index in [0.717, 1.165) is 12.5 Å². The second-order valence-electron chi connectivity index (χ2n) is 4.84. The first-order valence-electron chi connectivity index (χ1n) is 5.57. The lowest BCUT2D eigenvalue weighted by atomic mass is 10.1. The molecular weight excluding hydrogens is 170 g/mol. The molecule has 0 spiro atoms. The monoisotopic (exact) mass is 192 g/mol. The summed E-state index contributed by atoms with van der Waals surface area (Å²) < 4.78 is 2.38. The highest BCUT2D eigenvalue weighted by Gasteiger charge is 2.12. The molecule has 0 saturated carbocycles. The Morgan fingerprint density at radius 2 is 1.79 bits per heavy atom. The van der Waals surface area contributed by atoms with Gasteiger partial charge in [0, 0.05) is 24.5 Å². The molecular formula is C13H22N+. The lowest BCUT2D eigenvalue weighted by Crippen LogP contribution is -2.40. The van der Waals surface area contributed by atoms with Gasteiger partial charge < -0.3 is 0 Å². The maximum atomic E-state index is 2.38. The fourth-order valence-electron chi connectivity index (χ4n) is 1.69. The van der Waals surface area contributed by atoms with Crippen LogP contribution in [0.15, 0.2) is 24.4 Å². The maximum Gasteiger partial charge on any atom is 0.181 e. The minimum atomic E-state index is 0.716. The molecule has 0 bridgehead atoms. The number of hydrogen-bond acceptors (Lipinski definition) is 0. The van der Waals surface area contributed by atoms with Crippen molar-refractivity contribution in [3.63, 3.8) is 0 Å². The van der Waals surface area contributed by atoms with Gasteiger partial charge in [-0.05, 0) is 5.92 Å². The van der Waals surface area contributed by atoms with E-state index in [4.69, 9.17) is 0 Å². The summed E-state index contributed by atoms with van der Waals surface area (Å²) in [6.07, 6.45) is 3.37. The average molecular weight is 192 g/mol. The third-order valence-electron chi connectivity index (χ3n) is 2.21. The molecule has 0 aliphatic carbocycles. The van der Waals surface area contributed by atoms with Crippen LogP contribution in [-0.2, 0) is 13.0 Å². The van der Waals surface area contributed by atoms with Crippen LogP contribution < -0.4 is 4.57 Å². The van der Waals surface area contributed by atoms with Crippen LogP contribution in [0.5, 0.6) is 0 Å². The second-order valence-corrected chi connectivity index (χ2v) is 4.84. The number of hydrogen-bond donors (Lipinski definition) is 0. The van der Waals surface area contributed by atoms with E-state index in [-0.39, 0.29) is 0 Å². The van der Waals surface area contributed by atoms with Crippen LogP contribution in [0, 0.1) is 11.8 Å². The van der Waals surface area contributed by atoms with Crippen LogP contribution in [0.1, 0.15) is 33.4 Å². The van der Waals surface area contributed by atoms with Gasteiger partial charge in [-0.25, -0.2) is 4.57 Å². The first kappa shape index (κ1) is 11.2. The molecule has 0 N–H and O–H groups in total. The first-order valence-corrected chi connectivity index (χ1v) is 5.57. The van der Waals surface area contributed by atoms with Crippen molar-refractivity contribution in [3.05, 3.63) is 30.1 Å². The van der Waals surface area contributed by atoms with Gasteiger partial charge in [0.2, 0.25) is 0 Å². The summed E-state index contributed by atoms with van der Waals surface area (Å²) in [4.78, 5) is 0. The van der Waals surface area contributed by atoms with Gasteiger partial charge in [-0.1, -0.05) is 33.8 Å². The van der Waals surface area contributed by atoms with Crippen molar-refractivity contribution in [1.82, 2.24) is 0 Å². The van der Waals surface area contributed by atoms with Crippen molar-refractivity contribution in [2.24, 2.45) is 11.8 Å². The Morgan fingerprint density at radius 3 is 2.36 bits per heavy atom. The summed E-state index contributed by atoms with van der Waals surface area (Å²) in [6.45, 7) is 10.2. The van der Waals surface area contributed by atoms with Crippen molar-refractivity contribution < 1.29 is 4.57 Å². The van der Waals surface area contributed by atoms with Gasteiger partial charge in [-0.2, -0.15) is 0 Å². The second kappa shape index (κ2) is 5.14. The van der Waals surface area contributed by atoms with Gasteiger partial charge in [-0.3, -0.25) is 0 Å². The van der Waals surface area contributed by atoms with Crippen LogP contribution in [0.3, 0.4) is 0 Å². The summed E-state index contributed by atoms with van der Waals surface area (Å²) in [7, 11) is 0. The molecule has 0 fully saturated rings. The highest BCUT2D eigenvalue weighted by molar-refractivity contribution is 4.97. The van der Waals surface area contributed by atoms with Crippen molar-refractivity contribution >= 4 is 0 Å². The van der Waals surface area contributed by atoms with E-state index in [2.05, 4.69) is 56.7 Å². The minimum Gasteiger partial charge on any atom is -0.202 e. The SMILES string of the molecule is CC(C)Cc1cccc[n+]1CC(C)C. The molecule has 1 rings (SSSR count). The molecule has 0 atom stereocenters. The van der Waals surface area contributed by atoms with Gasteiger partial charge in [0.15, 0.2) is 18.4 Å². The number of aromatic nitrogens is 1. The Morgan fingerprint density at radius 1 is 1.07 bits per heavy atom. The molecule has 78 valence electrons. The van der Waals surface area contributed by atoms with Crippen molar-refractivity contribution in [2.45, 2.75) is 40.7 Å². The topological polar surface area (TPSA) is 3.88 Å². The number of rotatable bonds is 4. The predicted molar refractivity (Wildman–Crippen MR) is 60.0 cm³/mol. The van der Waals surface area contributed by atoms with Crippen LogP contribution in [0.2, 0.25) is 0 Å². The Bertz CT molecular complexity index is 247. The van der Waals surface area contributed by atoms with Crippen LogP contribution in [0.25, 0.3) is 0 Å². The fourth-order valence-corrected chi connectivity index (χ4v) is 1.69. The van der Waals surface area contributed by atoms with Gasteiger partial charge in [0.05, 0.1) is 0 Å². The molecule has 1 heterocycles. The molecule has 0 aromatic carbocycles. The molecule has 14 heavy (non-hydrogen) atoms. The summed E-state index contributed by atoms with van der Waals surface area (Å²) in [6, 6.07) is 6.49. The molecule has 1 heteroatoms. The smallest absolute Gasteiger partial charge is 0.181 e. The molecule has 0 saturated heterocycles. The minimum absolute atomic E-state index is 0.716. The Hall–Kier alpha value is -0.850. The average Bonchev–Trinajstić information content (AvgIpc) is 2.06. The predicted octanol–water partition coefficient (Wildman–Crippen LogP) is 2.83. The fraction of sp³-hybridized carbons (Fsp3) is 0.615. The summed E-state index contributed by atoms with van der Waals surface area (Å²) in [5.74, 6) is 1.45. The third kappa shape index (κ3) is 3.49. The van der Waals surface area contributed by atoms with Crippen molar-refractivity contribution in [3.8, 4) is 0 Å². The number of pyridine rings is 1. The quantitative estimate of drug-likeness (QED) is 0.646. The Balaban J connectivity index is 2.80. The maximum absolute atomic E-state index is 2.38. The molecule has 1 nitrogen and oxygen atoms in total. The normalized spacial score (nSPS) is 11.3. The molecule has 0 amide bonds. The van der Waals surface area contributed by atoms with Crippen LogP contribution >= 0.6 is 0 Å². The van der Waals surface area contributed by atoms with Gasteiger partial charge in [-0.15, -0.1) is 0 Å². The zero-order chi connectivity index (χ0) is 10.6. The largest absolute Gasteiger partial charge is 0.202 e. The Kier molecular flexibility index (Phi) is 4.12. The lowest BCUT2D eigenvalue weighted by molar-refractivity contribution is -0.709. The molecule has 0 aliphatic heterocycles. The van der Waals surface area contributed by atoms with E-state index in [1.54, 1.807) is 0 Å². The van der Waals surface area contributed by atoms with E-state index < -0.39 is 0 Å². The standard InChI is InChI=1S/C13H22N/c1-11(2)9-13-7-5-6-8-14(13)10-12(3)4/h5-8,11-12H,9-10H2,1-4H3/q+1. The zero-order valence-corrected chi connectivity index (χ0v) is 9.83. The van der Waals surface area contributed by atoms with Gasteiger partial charge in [0.1, 0.15) is 0 Å². The van der Waals surface area contributed by atoms with E-state index in [1.165, 1.54) is 12.1 Å². The Labute approximate surface area is 87.8 Å². The van der Waals surface area contributed by atoms with E-state index in [0.29, 0.717) is 5.92 Å². The third-order valence-corrected chi connectivity index (χ3v) is 2.21. The summed E-state index contributed by atoms with van der Waals surface area (Å²) >= 11 is 0. The highest BCUT2D eigenvalue weighted by atomic mass is 15.0. The molecule has 1 aromatic rings. The number of nitrogens with zero attached hydrogens (tertiary/aromatic N) is 1.